The van der Waals surface area contributed by atoms with Crippen molar-refractivity contribution in [2.24, 2.45) is 0 Å². The Morgan fingerprint density at radius 1 is 1.26 bits per heavy atom. The molecule has 0 radical (unpaired) electrons. The minimum atomic E-state index is -1.12. The highest BCUT2D eigenvalue weighted by Crippen LogP contribution is 2.41. The maximum Gasteiger partial charge on any atom is 0.338 e. The van der Waals surface area contributed by atoms with Crippen LogP contribution in [0.5, 0.6) is 0 Å². The third-order valence-corrected chi connectivity index (χ3v) is 4.32. The number of aryl methyl sites for hydroxylation is 1. The normalized spacial score (nSPS) is 16.6. The van der Waals surface area contributed by atoms with Gasteiger partial charge < -0.3 is 15.2 Å². The summed E-state index contributed by atoms with van der Waals surface area (Å²) < 4.78 is 5.79. The Morgan fingerprint density at radius 3 is 2.61 bits per heavy atom. The molecular formula is C18H16BrNO3. The standard InChI is InChI=1S/C18H16BrNO3/c1-10-8-12(19)9-13-14(11-6-4-3-5-7-11)15(18(22)23-2)17(21)20-16(10)13/h3-9,17,20-21H,1-2H3. The maximum atomic E-state index is 12.2. The second-order valence-electron chi connectivity index (χ2n) is 5.34. The molecule has 0 saturated carbocycles. The molecule has 23 heavy (non-hydrogen) atoms. The second-order valence-corrected chi connectivity index (χ2v) is 6.25. The fraction of sp³-hybridized carbons (Fsp3) is 0.167. The molecule has 0 spiro atoms. The quantitative estimate of drug-likeness (QED) is 0.791. The summed E-state index contributed by atoms with van der Waals surface area (Å²) in [5.74, 6) is -0.549. The summed E-state index contributed by atoms with van der Waals surface area (Å²) in [6.07, 6.45) is -1.12. The van der Waals surface area contributed by atoms with Crippen LogP contribution in [0.2, 0.25) is 0 Å². The molecule has 2 aromatic carbocycles. The molecule has 1 unspecified atom stereocenters. The SMILES string of the molecule is COC(=O)C1=C(c2ccccc2)c2cc(Br)cc(C)c2NC1O. The molecule has 1 aliphatic heterocycles. The predicted molar refractivity (Wildman–Crippen MR) is 93.0 cm³/mol. The monoisotopic (exact) mass is 373 g/mol. The molecular weight excluding hydrogens is 358 g/mol. The minimum Gasteiger partial charge on any atom is -0.466 e. The highest BCUT2D eigenvalue weighted by Gasteiger charge is 2.32. The Balaban J connectivity index is 2.36. The Bertz CT molecular complexity index is 799. The van der Waals surface area contributed by atoms with Crippen molar-refractivity contribution in [2.45, 2.75) is 13.2 Å². The molecule has 5 heteroatoms. The third-order valence-electron chi connectivity index (χ3n) is 3.86. The van der Waals surface area contributed by atoms with Crippen LogP contribution in [-0.4, -0.2) is 24.4 Å². The summed E-state index contributed by atoms with van der Waals surface area (Å²) >= 11 is 3.50. The number of methoxy groups -OCH3 is 1. The molecule has 0 amide bonds. The molecule has 1 aliphatic rings. The van der Waals surface area contributed by atoms with E-state index in [9.17, 15) is 9.90 Å². The first-order valence-electron chi connectivity index (χ1n) is 7.16. The van der Waals surface area contributed by atoms with Gasteiger partial charge in [-0.25, -0.2) is 4.79 Å². The van der Waals surface area contributed by atoms with Crippen LogP contribution in [0.25, 0.3) is 5.57 Å². The van der Waals surface area contributed by atoms with Gasteiger partial charge in [0.15, 0.2) is 6.23 Å². The highest BCUT2D eigenvalue weighted by molar-refractivity contribution is 9.10. The van der Waals surface area contributed by atoms with Crippen molar-refractivity contribution in [3.63, 3.8) is 0 Å². The van der Waals surface area contributed by atoms with Gasteiger partial charge in [0, 0.05) is 21.3 Å². The van der Waals surface area contributed by atoms with Crippen LogP contribution in [0.3, 0.4) is 0 Å². The van der Waals surface area contributed by atoms with Crippen LogP contribution in [-0.2, 0) is 9.53 Å². The van der Waals surface area contributed by atoms with Gasteiger partial charge >= 0.3 is 5.97 Å². The van der Waals surface area contributed by atoms with Gasteiger partial charge in [0.05, 0.1) is 12.7 Å². The van der Waals surface area contributed by atoms with Crippen molar-refractivity contribution in [3.05, 3.63) is 69.2 Å². The Morgan fingerprint density at radius 2 is 1.96 bits per heavy atom. The first-order chi connectivity index (χ1) is 11.0. The number of esters is 1. The number of hydrogen-bond acceptors (Lipinski definition) is 4. The fourth-order valence-corrected chi connectivity index (χ4v) is 3.43. The van der Waals surface area contributed by atoms with Gasteiger partial charge in [-0.1, -0.05) is 46.3 Å². The highest BCUT2D eigenvalue weighted by atomic mass is 79.9. The largest absolute Gasteiger partial charge is 0.466 e. The molecule has 2 aromatic rings. The summed E-state index contributed by atoms with van der Waals surface area (Å²) in [4.78, 5) is 12.2. The maximum absolute atomic E-state index is 12.2. The van der Waals surface area contributed by atoms with Gasteiger partial charge in [-0.2, -0.15) is 0 Å². The van der Waals surface area contributed by atoms with Gasteiger partial charge in [-0.15, -0.1) is 0 Å². The lowest BCUT2D eigenvalue weighted by Crippen LogP contribution is -2.32. The molecule has 0 aromatic heterocycles. The minimum absolute atomic E-state index is 0.212. The summed E-state index contributed by atoms with van der Waals surface area (Å²) in [6, 6.07) is 13.4. The lowest BCUT2D eigenvalue weighted by molar-refractivity contribution is -0.137. The first-order valence-corrected chi connectivity index (χ1v) is 7.95. The van der Waals surface area contributed by atoms with Gasteiger partial charge in [-0.3, -0.25) is 0 Å². The molecule has 0 aliphatic carbocycles. The number of carbonyl (C=O) groups excluding carboxylic acids is 1. The van der Waals surface area contributed by atoms with Crippen molar-refractivity contribution in [1.82, 2.24) is 0 Å². The number of nitrogens with one attached hydrogen (secondary N) is 1. The van der Waals surface area contributed by atoms with Gasteiger partial charge in [-0.05, 0) is 30.2 Å². The predicted octanol–water partition coefficient (Wildman–Crippen LogP) is 3.48. The average Bonchev–Trinajstić information content (AvgIpc) is 2.54. The van der Waals surface area contributed by atoms with E-state index < -0.39 is 12.2 Å². The molecule has 1 atom stereocenters. The third kappa shape index (κ3) is 2.78. The fourth-order valence-electron chi connectivity index (χ4n) is 2.86. The van der Waals surface area contributed by atoms with Gasteiger partial charge in [0.1, 0.15) is 0 Å². The number of fused-ring (bicyclic) bond motifs is 1. The number of anilines is 1. The molecule has 0 bridgehead atoms. The number of ether oxygens (including phenoxy) is 1. The van der Waals surface area contributed by atoms with E-state index in [-0.39, 0.29) is 5.57 Å². The summed E-state index contributed by atoms with van der Waals surface area (Å²) in [5, 5.41) is 13.5. The Kier molecular flexibility index (Phi) is 4.24. The lowest BCUT2D eigenvalue weighted by atomic mass is 9.87. The van der Waals surface area contributed by atoms with Crippen LogP contribution in [0.15, 0.2) is 52.5 Å². The first kappa shape index (κ1) is 15.8. The molecule has 3 rings (SSSR count). The summed E-state index contributed by atoms with van der Waals surface area (Å²) in [5.41, 5.74) is 4.39. The number of benzene rings is 2. The Hall–Kier alpha value is -2.11. The smallest absolute Gasteiger partial charge is 0.338 e. The second kappa shape index (κ2) is 6.18. The van der Waals surface area contributed by atoms with Crippen LogP contribution in [0.4, 0.5) is 5.69 Å². The number of aliphatic hydroxyl groups excluding tert-OH is 1. The number of halogens is 1. The van der Waals surface area contributed by atoms with Crippen molar-refractivity contribution in [1.29, 1.82) is 0 Å². The van der Waals surface area contributed by atoms with Gasteiger partial charge in [0.25, 0.3) is 0 Å². The Labute approximate surface area is 142 Å². The van der Waals surface area contributed by atoms with Crippen LogP contribution < -0.4 is 5.32 Å². The summed E-state index contributed by atoms with van der Waals surface area (Å²) in [7, 11) is 1.31. The van der Waals surface area contributed by atoms with E-state index in [4.69, 9.17) is 4.74 Å². The molecule has 0 fully saturated rings. The number of carbonyl (C=O) groups is 1. The van der Waals surface area contributed by atoms with E-state index in [1.54, 1.807) is 0 Å². The number of hydrogen-bond donors (Lipinski definition) is 2. The van der Waals surface area contributed by atoms with E-state index in [0.29, 0.717) is 5.57 Å². The van der Waals surface area contributed by atoms with Crippen LogP contribution in [0.1, 0.15) is 16.7 Å². The average molecular weight is 374 g/mol. The topological polar surface area (TPSA) is 58.6 Å². The van der Waals surface area contributed by atoms with Crippen molar-refractivity contribution >= 4 is 33.2 Å². The number of rotatable bonds is 2. The molecule has 118 valence electrons. The zero-order valence-corrected chi connectivity index (χ0v) is 14.3. The lowest BCUT2D eigenvalue weighted by Gasteiger charge is -2.29. The zero-order valence-electron chi connectivity index (χ0n) is 12.8. The van der Waals surface area contributed by atoms with Crippen LogP contribution >= 0.6 is 15.9 Å². The van der Waals surface area contributed by atoms with Crippen LogP contribution in [0, 0.1) is 6.92 Å². The van der Waals surface area contributed by atoms with E-state index in [1.165, 1.54) is 7.11 Å². The van der Waals surface area contributed by atoms with Gasteiger partial charge in [0.2, 0.25) is 0 Å². The van der Waals surface area contributed by atoms with Crippen molar-refractivity contribution < 1.29 is 14.6 Å². The van der Waals surface area contributed by atoms with Crippen molar-refractivity contribution in [2.75, 3.05) is 12.4 Å². The van der Waals surface area contributed by atoms with E-state index in [1.807, 2.05) is 49.4 Å². The zero-order chi connectivity index (χ0) is 16.6. The molecule has 4 nitrogen and oxygen atoms in total. The van der Waals surface area contributed by atoms with E-state index in [0.717, 1.165) is 26.9 Å². The van der Waals surface area contributed by atoms with E-state index in [2.05, 4.69) is 21.2 Å². The number of aliphatic hydroxyl groups is 1. The molecule has 1 heterocycles. The van der Waals surface area contributed by atoms with Crippen molar-refractivity contribution in [3.8, 4) is 0 Å². The molecule has 0 saturated heterocycles. The summed E-state index contributed by atoms with van der Waals surface area (Å²) in [6.45, 7) is 1.95. The van der Waals surface area contributed by atoms with E-state index >= 15 is 0 Å². The molecule has 2 N–H and O–H groups in total.